The summed E-state index contributed by atoms with van der Waals surface area (Å²) in [6.45, 7) is 3.27. The average Bonchev–Trinajstić information content (AvgIpc) is 3.43. The van der Waals surface area contributed by atoms with Crippen molar-refractivity contribution >= 4 is 34.9 Å². The first-order chi connectivity index (χ1) is 18.2. The van der Waals surface area contributed by atoms with Gasteiger partial charge in [0.05, 0.1) is 6.42 Å². The number of nitrogens with zero attached hydrogens (tertiary/aromatic N) is 5. The van der Waals surface area contributed by atoms with Gasteiger partial charge in [0.15, 0.2) is 29.6 Å². The van der Waals surface area contributed by atoms with E-state index in [0.29, 0.717) is 62.3 Å². The largest absolute Gasteiger partial charge is 0.506 e. The Labute approximate surface area is 217 Å². The first kappa shape index (κ1) is 25.5. The van der Waals surface area contributed by atoms with Crippen molar-refractivity contribution in [1.82, 2.24) is 35.1 Å². The maximum Gasteiger partial charge on any atom is 0.411 e. The minimum absolute atomic E-state index is 0.140. The molecule has 3 atom stereocenters. The summed E-state index contributed by atoms with van der Waals surface area (Å²) in [5.74, 6) is -0.901. The van der Waals surface area contributed by atoms with E-state index >= 15 is 0 Å². The number of amides is 3. The van der Waals surface area contributed by atoms with E-state index in [4.69, 9.17) is 15.2 Å². The lowest BCUT2D eigenvalue weighted by atomic mass is 9.93. The summed E-state index contributed by atoms with van der Waals surface area (Å²) >= 11 is 0. The van der Waals surface area contributed by atoms with Crippen LogP contribution in [0, 0.1) is 5.92 Å². The maximum absolute atomic E-state index is 12.3. The number of aliphatic hydroxyl groups is 2. The van der Waals surface area contributed by atoms with Gasteiger partial charge in [0.2, 0.25) is 17.9 Å². The molecule has 0 radical (unpaired) electrons. The monoisotopic (exact) mass is 530 g/mol. The Morgan fingerprint density at radius 3 is 2.74 bits per heavy atom. The molecular weight excluding hydrogens is 500 g/mol. The molecule has 5 rings (SSSR count). The molecule has 0 aromatic carbocycles. The molecule has 2 aromatic heterocycles. The fraction of sp³-hybridized carbons (Fsp3) is 0.565. The van der Waals surface area contributed by atoms with Crippen LogP contribution < -0.4 is 16.4 Å². The van der Waals surface area contributed by atoms with Crippen molar-refractivity contribution in [1.29, 1.82) is 0 Å². The SMILES string of the molecule is CCCNC(=O)C1=C(O)C(O)[C@H](n2cnc3c(N)nc(CC4CCN(C(=O)OC5CC(=O)N5)CC4)nc32)O1. The van der Waals surface area contributed by atoms with Gasteiger partial charge in [0, 0.05) is 26.1 Å². The number of nitrogens with one attached hydrogen (secondary N) is 2. The molecular formula is C23H30N8O7. The number of piperidine rings is 1. The number of anilines is 1. The summed E-state index contributed by atoms with van der Waals surface area (Å²) in [5, 5.41) is 26.0. The second kappa shape index (κ2) is 10.3. The van der Waals surface area contributed by atoms with Crippen LogP contribution in [0.2, 0.25) is 0 Å². The fourth-order valence-electron chi connectivity index (χ4n) is 4.65. The lowest BCUT2D eigenvalue weighted by molar-refractivity contribution is -0.136. The van der Waals surface area contributed by atoms with Crippen molar-refractivity contribution in [3.63, 3.8) is 0 Å². The number of hydrogen-bond acceptors (Lipinski definition) is 11. The summed E-state index contributed by atoms with van der Waals surface area (Å²) < 4.78 is 12.3. The van der Waals surface area contributed by atoms with Crippen LogP contribution in [-0.4, -0.2) is 84.5 Å². The summed E-state index contributed by atoms with van der Waals surface area (Å²) in [6, 6.07) is 0. The van der Waals surface area contributed by atoms with Crippen LogP contribution in [0.15, 0.2) is 17.8 Å². The Morgan fingerprint density at radius 1 is 1.32 bits per heavy atom. The van der Waals surface area contributed by atoms with Crippen molar-refractivity contribution in [2.75, 3.05) is 25.4 Å². The van der Waals surface area contributed by atoms with Gasteiger partial charge in [-0.05, 0) is 25.2 Å². The highest BCUT2D eigenvalue weighted by molar-refractivity contribution is 5.92. The Hall–Kier alpha value is -4.14. The van der Waals surface area contributed by atoms with E-state index in [0.717, 1.165) is 0 Å². The quantitative estimate of drug-likeness (QED) is 0.297. The zero-order valence-corrected chi connectivity index (χ0v) is 20.8. The number of imidazole rings is 1. The van der Waals surface area contributed by atoms with Crippen LogP contribution in [0.4, 0.5) is 10.6 Å². The van der Waals surface area contributed by atoms with Crippen molar-refractivity contribution in [2.24, 2.45) is 5.92 Å². The topological polar surface area (TPSA) is 207 Å². The molecule has 2 unspecified atom stereocenters. The number of fused-ring (bicyclic) bond motifs is 1. The molecule has 0 bridgehead atoms. The molecule has 5 heterocycles. The fourth-order valence-corrected chi connectivity index (χ4v) is 4.65. The molecule has 38 heavy (non-hydrogen) atoms. The van der Waals surface area contributed by atoms with E-state index in [-0.39, 0.29) is 29.8 Å². The molecule has 0 saturated carbocycles. The Balaban J connectivity index is 1.25. The molecule has 0 aliphatic carbocycles. The minimum atomic E-state index is -1.51. The standard InChI is InChI=1S/C23H30N8O7/c1-2-5-25-21(35)18-16(33)17(34)22(38-18)31-10-26-15-19(24)27-12(28-20(15)31)8-11-3-6-30(7-4-11)23(36)37-14-9-13(32)29-14/h10-11,14,17,22,33-34H,2-9H2,1H3,(H,25,35)(H,29,32)(H2,24,27,28)/t14?,17?,22-/m1/s1. The Kier molecular flexibility index (Phi) is 6.93. The molecule has 204 valence electrons. The first-order valence-electron chi connectivity index (χ1n) is 12.5. The highest BCUT2D eigenvalue weighted by Crippen LogP contribution is 2.34. The van der Waals surface area contributed by atoms with Crippen LogP contribution >= 0.6 is 0 Å². The average molecular weight is 531 g/mol. The van der Waals surface area contributed by atoms with E-state index in [2.05, 4.69) is 25.6 Å². The van der Waals surface area contributed by atoms with Gasteiger partial charge in [-0.15, -0.1) is 0 Å². The second-order valence-corrected chi connectivity index (χ2v) is 9.55. The first-order valence-corrected chi connectivity index (χ1v) is 12.5. The smallest absolute Gasteiger partial charge is 0.411 e. The number of nitrogens with two attached hydrogens (primary N) is 1. The van der Waals surface area contributed by atoms with Crippen molar-refractivity contribution in [3.05, 3.63) is 23.7 Å². The molecule has 2 fully saturated rings. The van der Waals surface area contributed by atoms with Crippen LogP contribution in [0.25, 0.3) is 11.2 Å². The summed E-state index contributed by atoms with van der Waals surface area (Å²) in [4.78, 5) is 50.4. The number of aromatic nitrogens is 4. The molecule has 3 amide bonds. The number of ether oxygens (including phenoxy) is 2. The third-order valence-corrected chi connectivity index (χ3v) is 6.81. The summed E-state index contributed by atoms with van der Waals surface area (Å²) in [5.41, 5.74) is 6.74. The molecule has 15 heteroatoms. The van der Waals surface area contributed by atoms with E-state index in [9.17, 15) is 24.6 Å². The molecule has 15 nitrogen and oxygen atoms in total. The van der Waals surface area contributed by atoms with Gasteiger partial charge in [-0.25, -0.2) is 19.7 Å². The minimum Gasteiger partial charge on any atom is -0.506 e. The number of hydrogen-bond donors (Lipinski definition) is 5. The number of rotatable bonds is 7. The lowest BCUT2D eigenvalue weighted by Gasteiger charge is -2.34. The van der Waals surface area contributed by atoms with E-state index in [1.807, 2.05) is 6.92 Å². The Morgan fingerprint density at radius 2 is 2.05 bits per heavy atom. The highest BCUT2D eigenvalue weighted by Gasteiger charge is 2.41. The molecule has 3 aliphatic rings. The lowest BCUT2D eigenvalue weighted by Crippen LogP contribution is -2.53. The molecule has 0 spiro atoms. The van der Waals surface area contributed by atoms with Gasteiger partial charge < -0.3 is 41.0 Å². The molecule has 6 N–H and O–H groups in total. The van der Waals surface area contributed by atoms with Gasteiger partial charge in [-0.1, -0.05) is 6.92 Å². The van der Waals surface area contributed by atoms with Gasteiger partial charge in [0.25, 0.3) is 5.91 Å². The van der Waals surface area contributed by atoms with Crippen molar-refractivity contribution in [3.8, 4) is 0 Å². The van der Waals surface area contributed by atoms with Gasteiger partial charge in [0.1, 0.15) is 17.7 Å². The van der Waals surface area contributed by atoms with Crippen LogP contribution in [0.3, 0.4) is 0 Å². The zero-order valence-electron chi connectivity index (χ0n) is 20.8. The van der Waals surface area contributed by atoms with Crippen molar-refractivity contribution in [2.45, 2.75) is 57.6 Å². The van der Waals surface area contributed by atoms with Crippen molar-refractivity contribution < 1.29 is 34.1 Å². The zero-order chi connectivity index (χ0) is 27.0. The predicted octanol–water partition coefficient (Wildman–Crippen LogP) is -0.169. The number of β-lactam (4-membered cyclic amide) rings is 1. The number of carbonyl (C=O) groups excluding carboxylic acids is 3. The number of carbonyl (C=O) groups is 3. The number of nitrogen functional groups attached to an aromatic ring is 1. The molecule has 2 saturated heterocycles. The van der Waals surface area contributed by atoms with E-state index in [1.54, 1.807) is 4.90 Å². The van der Waals surface area contributed by atoms with Crippen LogP contribution in [-0.2, 0) is 25.5 Å². The highest BCUT2D eigenvalue weighted by atomic mass is 16.6. The molecule has 3 aliphatic heterocycles. The van der Waals surface area contributed by atoms with Crippen LogP contribution in [0.1, 0.15) is 44.7 Å². The normalized spacial score (nSPS) is 23.7. The maximum atomic E-state index is 12.3. The Bertz CT molecular complexity index is 1280. The third-order valence-electron chi connectivity index (χ3n) is 6.81. The van der Waals surface area contributed by atoms with E-state index < -0.39 is 36.3 Å². The summed E-state index contributed by atoms with van der Waals surface area (Å²) in [7, 11) is 0. The number of likely N-dealkylation sites (tertiary alicyclic amines) is 1. The predicted molar refractivity (Wildman–Crippen MR) is 130 cm³/mol. The third kappa shape index (κ3) is 4.88. The van der Waals surface area contributed by atoms with Crippen LogP contribution in [0.5, 0.6) is 0 Å². The summed E-state index contributed by atoms with van der Waals surface area (Å²) in [6.07, 6.45) is 0.460. The molecule has 2 aromatic rings. The van der Waals surface area contributed by atoms with Gasteiger partial charge in [-0.3, -0.25) is 14.2 Å². The van der Waals surface area contributed by atoms with Gasteiger partial charge >= 0.3 is 6.09 Å². The second-order valence-electron chi connectivity index (χ2n) is 9.55. The number of aliphatic hydroxyl groups excluding tert-OH is 2. The van der Waals surface area contributed by atoms with Gasteiger partial charge in [-0.2, -0.15) is 0 Å². The van der Waals surface area contributed by atoms with E-state index in [1.165, 1.54) is 10.9 Å².